The molecule has 2 atom stereocenters. The van der Waals surface area contributed by atoms with Crippen LogP contribution in [-0.4, -0.2) is 83.4 Å². The zero-order valence-electron chi connectivity index (χ0n) is 24.2. The topological polar surface area (TPSA) is 142 Å². The molecule has 0 spiro atoms. The fraction of sp³-hybridized carbons (Fsp3) is 0.577. The minimum atomic E-state index is -0.886. The number of aliphatic imine (C=N–C) groups is 1. The highest BCUT2D eigenvalue weighted by Gasteiger charge is 2.52. The minimum Gasteiger partial charge on any atom is -0.444 e. The number of guanidine groups is 1. The quantitative estimate of drug-likeness (QED) is 0.298. The first kappa shape index (κ1) is 30.9. The van der Waals surface area contributed by atoms with Gasteiger partial charge in [0, 0.05) is 24.5 Å². The number of likely N-dealkylation sites (N-methyl/N-ethyl adjacent to an activating group) is 1. The number of hydrogen-bond donors (Lipinski definition) is 2. The third-order valence-electron chi connectivity index (χ3n) is 5.57. The van der Waals surface area contributed by atoms with Gasteiger partial charge in [0.2, 0.25) is 11.9 Å². The lowest BCUT2D eigenvalue weighted by Crippen LogP contribution is -2.47. The molecule has 0 saturated carbocycles. The zero-order valence-corrected chi connectivity index (χ0v) is 25.0. The molecule has 3 heterocycles. The van der Waals surface area contributed by atoms with Gasteiger partial charge in [-0.3, -0.25) is 20.3 Å². The van der Waals surface area contributed by atoms with Crippen molar-refractivity contribution in [3.05, 3.63) is 34.0 Å². The van der Waals surface area contributed by atoms with Crippen molar-refractivity contribution in [1.82, 2.24) is 25.5 Å². The number of ether oxygens (including phenoxy) is 2. The maximum absolute atomic E-state index is 13.3. The lowest BCUT2D eigenvalue weighted by molar-refractivity contribution is -0.133. The number of carbonyl (C=O) groups is 4. The Kier molecular flexibility index (Phi) is 9.14. The van der Waals surface area contributed by atoms with Crippen LogP contribution in [0.3, 0.4) is 0 Å². The van der Waals surface area contributed by atoms with Gasteiger partial charge in [-0.25, -0.2) is 19.4 Å². The second-order valence-electron chi connectivity index (χ2n) is 11.5. The standard InChI is InChI=1S/C26H38N6O7S/c1-10-11-37-32-16-13-31(24(32)36)18(20(33)30(8)9)17-15(14-40-19(16)17)12-27-21(28-22(34)38-25(2,3)4)29-23(35)39-26(5,6)7/h10,14,16,18H,1,11-13H2,2-9H3,(H2,27,28,29,34,35)/t16-,18+/m1/s1. The summed E-state index contributed by atoms with van der Waals surface area (Å²) in [6, 6.07) is -1.71. The largest absolute Gasteiger partial charge is 0.444 e. The van der Waals surface area contributed by atoms with E-state index in [0.717, 1.165) is 4.88 Å². The fourth-order valence-corrected chi connectivity index (χ4v) is 5.29. The molecule has 0 radical (unpaired) electrons. The van der Waals surface area contributed by atoms with Crippen LogP contribution in [-0.2, 0) is 25.7 Å². The van der Waals surface area contributed by atoms with Crippen LogP contribution < -0.4 is 10.6 Å². The summed E-state index contributed by atoms with van der Waals surface area (Å²) in [6.07, 6.45) is -0.0974. The molecule has 0 aromatic carbocycles. The number of hydroxylamine groups is 2. The summed E-state index contributed by atoms with van der Waals surface area (Å²) in [5, 5.41) is 8.04. The van der Waals surface area contributed by atoms with Gasteiger partial charge in [0.25, 0.3) is 0 Å². The third kappa shape index (κ3) is 7.30. The summed E-state index contributed by atoms with van der Waals surface area (Å²) >= 11 is 1.39. The van der Waals surface area contributed by atoms with Crippen LogP contribution in [0.2, 0.25) is 0 Å². The van der Waals surface area contributed by atoms with Crippen LogP contribution in [0, 0.1) is 0 Å². The van der Waals surface area contributed by atoms with Crippen molar-refractivity contribution in [2.75, 3.05) is 27.2 Å². The second kappa shape index (κ2) is 11.8. The lowest BCUT2D eigenvalue weighted by atomic mass is 9.94. The highest BCUT2D eigenvalue weighted by atomic mass is 32.1. The highest BCUT2D eigenvalue weighted by molar-refractivity contribution is 7.10. The van der Waals surface area contributed by atoms with E-state index < -0.39 is 41.5 Å². The summed E-state index contributed by atoms with van der Waals surface area (Å²) in [7, 11) is 3.25. The number of nitrogens with zero attached hydrogens (tertiary/aromatic N) is 4. The molecule has 0 aliphatic carbocycles. The van der Waals surface area contributed by atoms with Crippen molar-refractivity contribution in [3.8, 4) is 0 Å². The van der Waals surface area contributed by atoms with Gasteiger partial charge in [-0.05, 0) is 52.5 Å². The zero-order chi connectivity index (χ0) is 30.0. The Morgan fingerprint density at radius 3 is 2.20 bits per heavy atom. The molecule has 1 aromatic rings. The molecular weight excluding hydrogens is 540 g/mol. The van der Waals surface area contributed by atoms with E-state index in [4.69, 9.17) is 14.3 Å². The number of fused-ring (bicyclic) bond motifs is 4. The molecule has 14 heteroatoms. The van der Waals surface area contributed by atoms with Crippen LogP contribution in [0.15, 0.2) is 23.0 Å². The molecule has 1 aromatic heterocycles. The number of nitrogens with one attached hydrogen (secondary N) is 2. The molecule has 2 N–H and O–H groups in total. The summed E-state index contributed by atoms with van der Waals surface area (Å²) in [6.45, 7) is 14.3. The van der Waals surface area contributed by atoms with Crippen LogP contribution in [0.1, 0.15) is 69.6 Å². The molecule has 0 unspecified atom stereocenters. The molecular formula is C26H38N6O7S. The number of rotatable bonds is 6. The molecule has 40 heavy (non-hydrogen) atoms. The lowest BCUT2D eigenvalue weighted by Gasteiger charge is -2.32. The minimum absolute atomic E-state index is 0.0216. The van der Waals surface area contributed by atoms with Gasteiger partial charge in [-0.1, -0.05) is 6.08 Å². The molecule has 2 aliphatic rings. The van der Waals surface area contributed by atoms with Crippen LogP contribution in [0.5, 0.6) is 0 Å². The third-order valence-corrected chi connectivity index (χ3v) is 6.71. The molecule has 1 fully saturated rings. The molecule has 5 amide bonds. The van der Waals surface area contributed by atoms with E-state index in [1.54, 1.807) is 61.7 Å². The Morgan fingerprint density at radius 1 is 1.12 bits per heavy atom. The van der Waals surface area contributed by atoms with Gasteiger partial charge in [0.15, 0.2) is 0 Å². The smallest absolute Gasteiger partial charge is 0.414 e. The molecule has 1 saturated heterocycles. The van der Waals surface area contributed by atoms with Gasteiger partial charge in [-0.2, -0.15) is 5.06 Å². The first-order chi connectivity index (χ1) is 18.5. The molecule has 220 valence electrons. The first-order valence-electron chi connectivity index (χ1n) is 12.7. The van der Waals surface area contributed by atoms with Crippen molar-refractivity contribution in [2.24, 2.45) is 4.99 Å². The predicted octanol–water partition coefficient (Wildman–Crippen LogP) is 3.69. The van der Waals surface area contributed by atoms with E-state index in [2.05, 4.69) is 22.2 Å². The van der Waals surface area contributed by atoms with Crippen LogP contribution in [0.4, 0.5) is 14.4 Å². The fourth-order valence-electron chi connectivity index (χ4n) is 4.12. The van der Waals surface area contributed by atoms with E-state index in [9.17, 15) is 19.2 Å². The van der Waals surface area contributed by atoms with Crippen molar-refractivity contribution < 1.29 is 33.5 Å². The average molecular weight is 579 g/mol. The number of carbonyl (C=O) groups excluding carboxylic acids is 4. The Balaban J connectivity index is 1.97. The SMILES string of the molecule is C=CCON1C(=O)N2C[C@@H]1c1scc(CN=C(NC(=O)OC(C)(C)C)NC(=O)OC(C)(C)C)c1[C@H]2C(=O)N(C)C. The Morgan fingerprint density at radius 2 is 1.70 bits per heavy atom. The molecule has 3 rings (SSSR count). The summed E-state index contributed by atoms with van der Waals surface area (Å²) in [5.41, 5.74) is -0.265. The van der Waals surface area contributed by atoms with Crippen molar-refractivity contribution in [3.63, 3.8) is 0 Å². The Labute approximate surface area is 238 Å². The highest BCUT2D eigenvalue weighted by Crippen LogP contribution is 2.48. The number of alkyl carbamates (subject to hydrolysis) is 2. The number of hydrogen-bond acceptors (Lipinski definition) is 9. The van der Waals surface area contributed by atoms with Crippen molar-refractivity contribution in [2.45, 2.75) is 71.4 Å². The van der Waals surface area contributed by atoms with Gasteiger partial charge in [0.1, 0.15) is 23.3 Å². The number of urea groups is 1. The van der Waals surface area contributed by atoms with Gasteiger partial charge in [0.05, 0.1) is 19.7 Å². The maximum atomic E-state index is 13.3. The predicted molar refractivity (Wildman–Crippen MR) is 148 cm³/mol. The van der Waals surface area contributed by atoms with Gasteiger partial charge in [-0.15, -0.1) is 17.9 Å². The molecule has 2 aliphatic heterocycles. The van der Waals surface area contributed by atoms with E-state index in [1.807, 2.05) is 5.38 Å². The maximum Gasteiger partial charge on any atom is 0.414 e. The summed E-state index contributed by atoms with van der Waals surface area (Å²) in [5.74, 6) is -0.466. The number of thiophene rings is 1. The van der Waals surface area contributed by atoms with Crippen LogP contribution >= 0.6 is 11.3 Å². The Bertz CT molecular complexity index is 1170. The van der Waals surface area contributed by atoms with Crippen molar-refractivity contribution >= 4 is 41.4 Å². The molecule has 2 bridgehead atoms. The van der Waals surface area contributed by atoms with Crippen molar-refractivity contribution in [1.29, 1.82) is 0 Å². The Hall–Kier alpha value is -3.65. The van der Waals surface area contributed by atoms with E-state index in [1.165, 1.54) is 26.2 Å². The monoisotopic (exact) mass is 578 g/mol. The first-order valence-corrected chi connectivity index (χ1v) is 13.6. The average Bonchev–Trinajstić information content (AvgIpc) is 3.34. The van der Waals surface area contributed by atoms with Gasteiger partial charge < -0.3 is 19.3 Å². The van der Waals surface area contributed by atoms with Crippen LogP contribution in [0.25, 0.3) is 0 Å². The summed E-state index contributed by atoms with van der Waals surface area (Å²) < 4.78 is 10.6. The van der Waals surface area contributed by atoms with E-state index in [-0.39, 0.29) is 25.0 Å². The summed E-state index contributed by atoms with van der Waals surface area (Å²) in [4.78, 5) is 65.3. The van der Waals surface area contributed by atoms with E-state index >= 15 is 0 Å². The number of amides is 5. The molecule has 13 nitrogen and oxygen atoms in total. The van der Waals surface area contributed by atoms with E-state index in [0.29, 0.717) is 17.7 Å². The van der Waals surface area contributed by atoms with Gasteiger partial charge >= 0.3 is 18.2 Å². The second-order valence-corrected chi connectivity index (χ2v) is 12.4. The normalized spacial score (nSPS) is 18.1.